The lowest BCUT2D eigenvalue weighted by Gasteiger charge is -2.31. The topological polar surface area (TPSA) is 35.6 Å². The van der Waals surface area contributed by atoms with Gasteiger partial charge in [-0.2, -0.15) is 0 Å². The van der Waals surface area contributed by atoms with E-state index in [0.29, 0.717) is 23.9 Å². The van der Waals surface area contributed by atoms with E-state index in [2.05, 4.69) is 22.2 Å². The van der Waals surface area contributed by atoms with Gasteiger partial charge in [0.2, 0.25) is 5.91 Å². The fourth-order valence-electron chi connectivity index (χ4n) is 4.60. The summed E-state index contributed by atoms with van der Waals surface area (Å²) in [7, 11) is 2.20. The zero-order valence-corrected chi connectivity index (χ0v) is 12.6. The molecule has 2 aliphatic heterocycles. The summed E-state index contributed by atoms with van der Waals surface area (Å²) < 4.78 is 0. The van der Waals surface area contributed by atoms with Crippen LogP contribution in [0.5, 0.6) is 0 Å². The molecule has 0 aromatic rings. The zero-order chi connectivity index (χ0) is 13.7. The number of hydrogen-bond acceptors (Lipinski definition) is 3. The molecule has 2 saturated carbocycles. The second kappa shape index (κ2) is 4.70. The third kappa shape index (κ3) is 2.08. The van der Waals surface area contributed by atoms with Crippen LogP contribution in [0.1, 0.15) is 44.9 Å². The number of nitrogens with zero attached hydrogens (tertiary/aromatic N) is 2. The Kier molecular flexibility index (Phi) is 3.08. The van der Waals surface area contributed by atoms with Crippen molar-refractivity contribution in [1.82, 2.24) is 15.1 Å². The van der Waals surface area contributed by atoms with Crippen molar-refractivity contribution in [2.24, 2.45) is 11.8 Å². The van der Waals surface area contributed by atoms with E-state index in [-0.39, 0.29) is 5.54 Å². The highest BCUT2D eigenvalue weighted by atomic mass is 16.2. The summed E-state index contributed by atoms with van der Waals surface area (Å²) in [5.74, 6) is 1.81. The van der Waals surface area contributed by atoms with E-state index in [0.717, 1.165) is 25.9 Å². The van der Waals surface area contributed by atoms with Crippen molar-refractivity contribution in [3.8, 4) is 0 Å². The Morgan fingerprint density at radius 2 is 2.00 bits per heavy atom. The van der Waals surface area contributed by atoms with Crippen LogP contribution in [0.15, 0.2) is 0 Å². The summed E-state index contributed by atoms with van der Waals surface area (Å²) in [5.41, 5.74) is -0.127. The molecule has 4 heteroatoms. The van der Waals surface area contributed by atoms with Gasteiger partial charge in [-0.1, -0.05) is 12.8 Å². The van der Waals surface area contributed by atoms with Crippen LogP contribution in [0.3, 0.4) is 0 Å². The van der Waals surface area contributed by atoms with E-state index in [1.165, 1.54) is 38.6 Å². The van der Waals surface area contributed by atoms with Crippen molar-refractivity contribution in [1.29, 1.82) is 0 Å². The second-order valence-electron chi connectivity index (χ2n) is 7.59. The molecular formula is C16H27N3O. The number of amides is 1. The first-order valence-corrected chi connectivity index (χ1v) is 8.45. The number of hydrogen-bond donors (Lipinski definition) is 1. The van der Waals surface area contributed by atoms with Crippen molar-refractivity contribution >= 4 is 5.91 Å². The fraction of sp³-hybridized carbons (Fsp3) is 0.938. The lowest BCUT2D eigenvalue weighted by atomic mass is 10.0. The summed E-state index contributed by atoms with van der Waals surface area (Å²) in [6.07, 6.45) is 9.05. The average molecular weight is 277 g/mol. The Bertz CT molecular complexity index is 401. The van der Waals surface area contributed by atoms with E-state index >= 15 is 0 Å². The largest absolute Gasteiger partial charge is 0.325 e. The number of carbonyl (C=O) groups is 1. The maximum atomic E-state index is 12.8. The van der Waals surface area contributed by atoms with E-state index in [1.807, 2.05) is 0 Å². The maximum absolute atomic E-state index is 12.8. The first-order chi connectivity index (χ1) is 9.68. The van der Waals surface area contributed by atoms with Gasteiger partial charge in [0.05, 0.1) is 11.7 Å². The molecule has 2 atom stereocenters. The van der Waals surface area contributed by atoms with Crippen LogP contribution in [-0.4, -0.2) is 54.1 Å². The molecule has 2 unspecified atom stereocenters. The van der Waals surface area contributed by atoms with Crippen LogP contribution >= 0.6 is 0 Å². The molecule has 4 aliphatic rings. The predicted octanol–water partition coefficient (Wildman–Crippen LogP) is 1.42. The fourth-order valence-corrected chi connectivity index (χ4v) is 4.60. The zero-order valence-electron chi connectivity index (χ0n) is 12.6. The monoisotopic (exact) mass is 277 g/mol. The molecule has 0 radical (unpaired) electrons. The summed E-state index contributed by atoms with van der Waals surface area (Å²) in [6.45, 7) is 3.34. The molecule has 4 fully saturated rings. The van der Waals surface area contributed by atoms with Crippen LogP contribution < -0.4 is 5.32 Å². The van der Waals surface area contributed by atoms with E-state index in [4.69, 9.17) is 0 Å². The summed E-state index contributed by atoms with van der Waals surface area (Å²) in [6, 6.07) is 0. The smallest absolute Gasteiger partial charge is 0.244 e. The van der Waals surface area contributed by atoms with Gasteiger partial charge in [0, 0.05) is 13.1 Å². The minimum Gasteiger partial charge on any atom is -0.325 e. The van der Waals surface area contributed by atoms with Crippen molar-refractivity contribution in [3.63, 3.8) is 0 Å². The van der Waals surface area contributed by atoms with E-state index < -0.39 is 0 Å². The maximum Gasteiger partial charge on any atom is 0.244 e. The number of carbonyl (C=O) groups excluding carboxylic acids is 1. The van der Waals surface area contributed by atoms with Crippen molar-refractivity contribution < 1.29 is 4.79 Å². The van der Waals surface area contributed by atoms with Gasteiger partial charge in [0.15, 0.2) is 0 Å². The van der Waals surface area contributed by atoms with Gasteiger partial charge in [0.1, 0.15) is 0 Å². The molecule has 4 rings (SSSR count). The molecule has 112 valence electrons. The molecule has 1 amide bonds. The first kappa shape index (κ1) is 13.1. The highest BCUT2D eigenvalue weighted by Gasteiger charge is 2.60. The lowest BCUT2D eigenvalue weighted by molar-refractivity contribution is -0.131. The van der Waals surface area contributed by atoms with Crippen LogP contribution in [0, 0.1) is 11.8 Å². The Morgan fingerprint density at radius 3 is 2.60 bits per heavy atom. The van der Waals surface area contributed by atoms with E-state index in [9.17, 15) is 4.79 Å². The van der Waals surface area contributed by atoms with Crippen molar-refractivity contribution in [2.75, 3.05) is 26.7 Å². The van der Waals surface area contributed by atoms with Gasteiger partial charge in [-0.15, -0.1) is 0 Å². The van der Waals surface area contributed by atoms with E-state index in [1.54, 1.807) is 0 Å². The Labute approximate surface area is 121 Å². The van der Waals surface area contributed by atoms with Gasteiger partial charge in [-0.05, 0) is 57.5 Å². The molecule has 4 nitrogen and oxygen atoms in total. The quantitative estimate of drug-likeness (QED) is 0.847. The van der Waals surface area contributed by atoms with Gasteiger partial charge in [-0.25, -0.2) is 0 Å². The molecule has 0 bridgehead atoms. The molecule has 1 N–H and O–H groups in total. The highest BCUT2D eigenvalue weighted by molar-refractivity contribution is 5.91. The third-order valence-corrected chi connectivity index (χ3v) is 5.97. The van der Waals surface area contributed by atoms with Crippen LogP contribution in [0.4, 0.5) is 0 Å². The van der Waals surface area contributed by atoms with Crippen molar-refractivity contribution in [2.45, 2.75) is 56.7 Å². The third-order valence-electron chi connectivity index (χ3n) is 5.97. The standard InChI is InChI=1S/C16H27N3O/c1-18-9-6-12(10-18)11-19-14(13-4-2-3-5-13)17-16(7-8-16)15(19)20/h12-14,17H,2-11H2,1H3. The normalized spacial score (nSPS) is 37.5. The molecule has 2 saturated heterocycles. The van der Waals surface area contributed by atoms with Crippen LogP contribution in [0.2, 0.25) is 0 Å². The average Bonchev–Trinajstić information content (AvgIpc) is 2.80. The van der Waals surface area contributed by atoms with Crippen molar-refractivity contribution in [3.05, 3.63) is 0 Å². The highest BCUT2D eigenvalue weighted by Crippen LogP contribution is 2.45. The molecule has 0 aromatic heterocycles. The van der Waals surface area contributed by atoms with Crippen LogP contribution in [0.25, 0.3) is 0 Å². The predicted molar refractivity (Wildman–Crippen MR) is 78.2 cm³/mol. The number of nitrogens with one attached hydrogen (secondary N) is 1. The summed E-state index contributed by atoms with van der Waals surface area (Å²) in [5, 5.41) is 3.73. The lowest BCUT2D eigenvalue weighted by Crippen LogP contribution is -2.45. The summed E-state index contributed by atoms with van der Waals surface area (Å²) in [4.78, 5) is 17.4. The molecular weight excluding hydrogens is 250 g/mol. The SMILES string of the molecule is CN1CCC(CN2C(=O)C3(CC3)NC2C2CCCC2)C1. The summed E-state index contributed by atoms with van der Waals surface area (Å²) >= 11 is 0. The minimum atomic E-state index is -0.127. The van der Waals surface area contributed by atoms with Gasteiger partial charge < -0.3 is 9.80 Å². The number of rotatable bonds is 3. The molecule has 2 heterocycles. The Morgan fingerprint density at radius 1 is 1.25 bits per heavy atom. The Hall–Kier alpha value is -0.610. The second-order valence-corrected chi connectivity index (χ2v) is 7.59. The number of likely N-dealkylation sites (tertiary alicyclic amines) is 1. The first-order valence-electron chi connectivity index (χ1n) is 8.45. The molecule has 0 aromatic carbocycles. The van der Waals surface area contributed by atoms with Gasteiger partial charge in [0.25, 0.3) is 0 Å². The molecule has 2 aliphatic carbocycles. The van der Waals surface area contributed by atoms with Crippen LogP contribution in [-0.2, 0) is 4.79 Å². The van der Waals surface area contributed by atoms with Gasteiger partial charge >= 0.3 is 0 Å². The molecule has 1 spiro atoms. The Balaban J connectivity index is 1.49. The van der Waals surface area contributed by atoms with Gasteiger partial charge in [-0.3, -0.25) is 10.1 Å². The minimum absolute atomic E-state index is 0.127. The molecule has 20 heavy (non-hydrogen) atoms.